The number of rotatable bonds is 4. The first-order valence-corrected chi connectivity index (χ1v) is 6.01. The molecule has 0 aromatic carbocycles. The second-order valence-electron chi connectivity index (χ2n) is 4.51. The van der Waals surface area contributed by atoms with Gasteiger partial charge < -0.3 is 10.2 Å². The van der Waals surface area contributed by atoms with Crippen LogP contribution in [0.2, 0.25) is 0 Å². The van der Waals surface area contributed by atoms with E-state index in [1.807, 2.05) is 12.4 Å². The van der Waals surface area contributed by atoms with Gasteiger partial charge in [-0.15, -0.1) is 0 Å². The summed E-state index contributed by atoms with van der Waals surface area (Å²) >= 11 is 0. The van der Waals surface area contributed by atoms with Gasteiger partial charge in [-0.05, 0) is 26.4 Å². The van der Waals surface area contributed by atoms with Crippen molar-refractivity contribution in [3.8, 4) is 0 Å². The molecule has 2 rings (SSSR count). The predicted octanol–water partition coefficient (Wildman–Crippen LogP) is 1.05. The molecule has 16 heavy (non-hydrogen) atoms. The summed E-state index contributed by atoms with van der Waals surface area (Å²) in [6.45, 7) is 3.16. The van der Waals surface area contributed by atoms with Crippen LogP contribution in [0, 0.1) is 0 Å². The molecule has 1 aliphatic rings. The Kier molecular flexibility index (Phi) is 4.25. The maximum atomic E-state index is 4.00. The zero-order valence-corrected chi connectivity index (χ0v) is 9.89. The molecule has 88 valence electrons. The van der Waals surface area contributed by atoms with Crippen LogP contribution in [0.5, 0.6) is 0 Å². The molecule has 1 aromatic rings. The van der Waals surface area contributed by atoms with Crippen molar-refractivity contribution >= 4 is 0 Å². The van der Waals surface area contributed by atoms with Crippen LogP contribution in [0.25, 0.3) is 0 Å². The third-order valence-electron chi connectivity index (χ3n) is 3.24. The van der Waals surface area contributed by atoms with E-state index in [2.05, 4.69) is 27.2 Å². The minimum absolute atomic E-state index is 0.693. The first-order chi connectivity index (χ1) is 7.86. The highest BCUT2D eigenvalue weighted by atomic mass is 15.2. The van der Waals surface area contributed by atoms with Gasteiger partial charge >= 0.3 is 0 Å². The Balaban J connectivity index is 1.71. The monoisotopic (exact) mass is 220 g/mol. The van der Waals surface area contributed by atoms with Crippen LogP contribution in [0.15, 0.2) is 18.7 Å². The topological polar surface area (TPSA) is 41.0 Å². The number of hydrogen-bond donors (Lipinski definition) is 1. The fraction of sp³-hybridized carbons (Fsp3) is 0.667. The summed E-state index contributed by atoms with van der Waals surface area (Å²) in [6.07, 6.45) is 9.33. The van der Waals surface area contributed by atoms with E-state index in [9.17, 15) is 0 Å². The van der Waals surface area contributed by atoms with Crippen molar-refractivity contribution in [2.24, 2.45) is 0 Å². The van der Waals surface area contributed by atoms with Crippen molar-refractivity contribution in [1.82, 2.24) is 20.2 Å². The molecule has 2 heterocycles. The Morgan fingerprint density at radius 3 is 2.94 bits per heavy atom. The Morgan fingerprint density at radius 1 is 1.38 bits per heavy atom. The highest BCUT2D eigenvalue weighted by Crippen LogP contribution is 2.13. The lowest BCUT2D eigenvalue weighted by atomic mass is 10.0. The average Bonchev–Trinajstić information content (AvgIpc) is 2.33. The van der Waals surface area contributed by atoms with Crippen molar-refractivity contribution in [2.45, 2.75) is 31.8 Å². The third kappa shape index (κ3) is 3.25. The molecule has 1 atom stereocenters. The van der Waals surface area contributed by atoms with Gasteiger partial charge in [-0.2, -0.15) is 0 Å². The quantitative estimate of drug-likeness (QED) is 0.823. The predicted molar refractivity (Wildman–Crippen MR) is 64.0 cm³/mol. The molecule has 1 unspecified atom stereocenters. The highest BCUT2D eigenvalue weighted by Gasteiger charge is 2.17. The number of likely N-dealkylation sites (tertiary alicyclic amines) is 1. The number of piperidine rings is 1. The molecule has 0 aliphatic carbocycles. The first kappa shape index (κ1) is 11.5. The summed E-state index contributed by atoms with van der Waals surface area (Å²) in [6, 6.07) is 0.693. The number of nitrogens with one attached hydrogen (secondary N) is 1. The van der Waals surface area contributed by atoms with Crippen molar-refractivity contribution in [2.75, 3.05) is 20.1 Å². The minimum Gasteiger partial charge on any atom is -0.311 e. The number of aromatic nitrogens is 2. The van der Waals surface area contributed by atoms with E-state index in [0.29, 0.717) is 6.04 Å². The zero-order valence-electron chi connectivity index (χ0n) is 9.89. The van der Waals surface area contributed by atoms with Crippen LogP contribution in [0.4, 0.5) is 0 Å². The summed E-state index contributed by atoms with van der Waals surface area (Å²) in [7, 11) is 2.22. The normalized spacial score (nSPS) is 22.2. The summed E-state index contributed by atoms with van der Waals surface area (Å²) in [5, 5.41) is 3.48. The van der Waals surface area contributed by atoms with E-state index in [-0.39, 0.29) is 0 Å². The molecular formula is C12H20N4. The van der Waals surface area contributed by atoms with Crippen LogP contribution in [0.1, 0.15) is 24.8 Å². The van der Waals surface area contributed by atoms with Gasteiger partial charge in [0.15, 0.2) is 0 Å². The maximum Gasteiger partial charge on any atom is 0.115 e. The summed E-state index contributed by atoms with van der Waals surface area (Å²) < 4.78 is 0. The fourth-order valence-electron chi connectivity index (χ4n) is 2.21. The third-order valence-corrected chi connectivity index (χ3v) is 3.24. The van der Waals surface area contributed by atoms with E-state index < -0.39 is 0 Å². The summed E-state index contributed by atoms with van der Waals surface area (Å²) in [5.74, 6) is 0. The van der Waals surface area contributed by atoms with E-state index in [0.717, 1.165) is 18.7 Å². The fourth-order valence-corrected chi connectivity index (χ4v) is 2.21. The van der Waals surface area contributed by atoms with E-state index >= 15 is 0 Å². The lowest BCUT2D eigenvalue weighted by Gasteiger charge is -2.32. The largest absolute Gasteiger partial charge is 0.311 e. The van der Waals surface area contributed by atoms with Crippen LogP contribution in [-0.2, 0) is 6.54 Å². The molecule has 0 saturated carbocycles. The van der Waals surface area contributed by atoms with E-state index in [4.69, 9.17) is 0 Å². The molecule has 1 fully saturated rings. The molecule has 0 radical (unpaired) electrons. The van der Waals surface area contributed by atoms with Crippen molar-refractivity contribution in [3.63, 3.8) is 0 Å². The molecule has 1 saturated heterocycles. The number of likely N-dealkylation sites (N-methyl/N-ethyl adjacent to an activating group) is 1. The maximum absolute atomic E-state index is 4.00. The van der Waals surface area contributed by atoms with Gasteiger partial charge in [0, 0.05) is 37.1 Å². The van der Waals surface area contributed by atoms with Gasteiger partial charge in [-0.25, -0.2) is 9.97 Å². The second-order valence-corrected chi connectivity index (χ2v) is 4.51. The number of nitrogens with zero attached hydrogens (tertiary/aromatic N) is 3. The Labute approximate surface area is 97.1 Å². The number of hydrogen-bond acceptors (Lipinski definition) is 4. The standard InChI is InChI=1S/C12H20N4/c1-16-5-3-2-4-12(16)9-13-6-11-7-14-10-15-8-11/h7-8,10,12-13H,2-6,9H2,1H3. The Morgan fingerprint density at radius 2 is 2.19 bits per heavy atom. The van der Waals surface area contributed by atoms with Crippen molar-refractivity contribution in [3.05, 3.63) is 24.3 Å². The van der Waals surface area contributed by atoms with Crippen molar-refractivity contribution in [1.29, 1.82) is 0 Å². The molecule has 1 aliphatic heterocycles. The molecular weight excluding hydrogens is 200 g/mol. The lowest BCUT2D eigenvalue weighted by Crippen LogP contribution is -2.42. The average molecular weight is 220 g/mol. The Bertz CT molecular complexity index is 301. The van der Waals surface area contributed by atoms with Gasteiger partial charge in [-0.3, -0.25) is 0 Å². The van der Waals surface area contributed by atoms with Gasteiger partial charge in [0.1, 0.15) is 6.33 Å². The molecule has 1 N–H and O–H groups in total. The van der Waals surface area contributed by atoms with Crippen LogP contribution < -0.4 is 5.32 Å². The van der Waals surface area contributed by atoms with Gasteiger partial charge in [0.05, 0.1) is 0 Å². The minimum atomic E-state index is 0.693. The molecule has 1 aromatic heterocycles. The van der Waals surface area contributed by atoms with E-state index in [1.165, 1.54) is 25.8 Å². The van der Waals surface area contributed by atoms with Crippen LogP contribution in [-0.4, -0.2) is 41.0 Å². The molecule has 4 nitrogen and oxygen atoms in total. The smallest absolute Gasteiger partial charge is 0.115 e. The van der Waals surface area contributed by atoms with Crippen LogP contribution in [0.3, 0.4) is 0 Å². The molecule has 0 spiro atoms. The Hall–Kier alpha value is -1.00. The summed E-state index contributed by atoms with van der Waals surface area (Å²) in [5.41, 5.74) is 1.15. The first-order valence-electron chi connectivity index (χ1n) is 6.01. The van der Waals surface area contributed by atoms with Crippen molar-refractivity contribution < 1.29 is 0 Å². The second kappa shape index (κ2) is 5.92. The van der Waals surface area contributed by atoms with Crippen LogP contribution >= 0.6 is 0 Å². The summed E-state index contributed by atoms with van der Waals surface area (Å²) in [4.78, 5) is 10.5. The van der Waals surface area contributed by atoms with Gasteiger partial charge in [0.25, 0.3) is 0 Å². The van der Waals surface area contributed by atoms with Gasteiger partial charge in [0.2, 0.25) is 0 Å². The highest BCUT2D eigenvalue weighted by molar-refractivity contribution is 5.01. The molecule has 4 heteroatoms. The molecule has 0 amide bonds. The molecule has 0 bridgehead atoms. The van der Waals surface area contributed by atoms with Gasteiger partial charge in [-0.1, -0.05) is 6.42 Å². The van der Waals surface area contributed by atoms with E-state index in [1.54, 1.807) is 6.33 Å². The lowest BCUT2D eigenvalue weighted by molar-refractivity contribution is 0.181. The SMILES string of the molecule is CN1CCCCC1CNCc1cncnc1. The zero-order chi connectivity index (χ0) is 11.2.